The van der Waals surface area contributed by atoms with E-state index < -0.39 is 0 Å². The van der Waals surface area contributed by atoms with E-state index in [1.165, 1.54) is 51.4 Å². The minimum Gasteiger partial charge on any atom is -0.0885 e. The Kier molecular flexibility index (Phi) is 2.76. The summed E-state index contributed by atoms with van der Waals surface area (Å²) >= 11 is 0. The van der Waals surface area contributed by atoms with Gasteiger partial charge in [-0.05, 0) is 43.4 Å². The van der Waals surface area contributed by atoms with Crippen molar-refractivity contribution in [3.05, 3.63) is 12.2 Å². The molecule has 0 saturated heterocycles. The normalized spacial score (nSPS) is 28.1. The zero-order chi connectivity index (χ0) is 9.15. The van der Waals surface area contributed by atoms with E-state index in [0.717, 1.165) is 11.3 Å². The first-order valence-corrected chi connectivity index (χ1v) is 6.01. The van der Waals surface area contributed by atoms with Gasteiger partial charge in [0.15, 0.2) is 0 Å². The molecular weight excluding hydrogens is 156 g/mol. The Morgan fingerprint density at radius 2 is 1.85 bits per heavy atom. The molecule has 0 aromatic carbocycles. The summed E-state index contributed by atoms with van der Waals surface area (Å²) in [6.45, 7) is 2.23. The van der Waals surface area contributed by atoms with Crippen molar-refractivity contribution >= 4 is 0 Å². The topological polar surface area (TPSA) is 0 Å². The number of rotatable bonds is 2. The van der Waals surface area contributed by atoms with Crippen molar-refractivity contribution in [2.75, 3.05) is 0 Å². The van der Waals surface area contributed by atoms with Gasteiger partial charge in [0.05, 0.1) is 0 Å². The van der Waals surface area contributed by atoms with Crippen LogP contribution in [-0.4, -0.2) is 0 Å². The molecule has 13 heavy (non-hydrogen) atoms. The van der Waals surface area contributed by atoms with Crippen LogP contribution < -0.4 is 0 Å². The lowest BCUT2D eigenvalue weighted by Crippen LogP contribution is -2.37. The Hall–Kier alpha value is -0.260. The van der Waals surface area contributed by atoms with E-state index in [1.54, 1.807) is 0 Å². The lowest BCUT2D eigenvalue weighted by molar-refractivity contribution is 0.0379. The van der Waals surface area contributed by atoms with Gasteiger partial charge in [0.2, 0.25) is 0 Å². The van der Waals surface area contributed by atoms with Gasteiger partial charge in [-0.25, -0.2) is 0 Å². The van der Waals surface area contributed by atoms with Gasteiger partial charge in [-0.15, -0.1) is 0 Å². The summed E-state index contributed by atoms with van der Waals surface area (Å²) in [5, 5.41) is 0. The first-order chi connectivity index (χ1) is 6.35. The smallest absolute Gasteiger partial charge is 0.0223 e. The highest BCUT2D eigenvalue weighted by Crippen LogP contribution is 2.55. The average Bonchev–Trinajstić information content (AvgIpc) is 2.13. The first-order valence-electron chi connectivity index (χ1n) is 6.01. The molecule has 0 unspecified atom stereocenters. The van der Waals surface area contributed by atoms with Crippen LogP contribution in [0.15, 0.2) is 12.2 Å². The molecule has 0 radical (unpaired) electrons. The molecule has 0 aliphatic heterocycles. The van der Waals surface area contributed by atoms with E-state index in [1.807, 2.05) is 0 Å². The summed E-state index contributed by atoms with van der Waals surface area (Å²) in [5.74, 6) is 0.943. The minimum absolute atomic E-state index is 0.820. The zero-order valence-corrected chi connectivity index (χ0v) is 8.89. The van der Waals surface area contributed by atoms with Crippen molar-refractivity contribution in [3.8, 4) is 0 Å². The Bertz CT molecular complexity index is 176. The number of hydrogen-bond acceptors (Lipinski definition) is 0. The highest BCUT2D eigenvalue weighted by molar-refractivity contribution is 5.03. The summed E-state index contributed by atoms with van der Waals surface area (Å²) in [4.78, 5) is 0. The Balaban J connectivity index is 1.78. The molecular formula is C13H22. The van der Waals surface area contributed by atoms with E-state index in [0.29, 0.717) is 0 Å². The molecule has 0 nitrogen and oxygen atoms in total. The molecule has 0 heterocycles. The lowest BCUT2D eigenvalue weighted by atomic mass is 9.56. The van der Waals surface area contributed by atoms with Gasteiger partial charge in [0.25, 0.3) is 0 Å². The van der Waals surface area contributed by atoms with Crippen molar-refractivity contribution < 1.29 is 0 Å². The molecule has 2 fully saturated rings. The second-order valence-electron chi connectivity index (χ2n) is 5.07. The maximum Gasteiger partial charge on any atom is -0.0223 e. The average molecular weight is 178 g/mol. The highest BCUT2D eigenvalue weighted by Gasteiger charge is 2.42. The van der Waals surface area contributed by atoms with Crippen LogP contribution in [0.3, 0.4) is 0 Å². The van der Waals surface area contributed by atoms with Gasteiger partial charge in [-0.1, -0.05) is 38.3 Å². The van der Waals surface area contributed by atoms with Gasteiger partial charge >= 0.3 is 0 Å². The fourth-order valence-corrected chi connectivity index (χ4v) is 3.23. The molecule has 1 spiro atoms. The Morgan fingerprint density at radius 3 is 2.46 bits per heavy atom. The van der Waals surface area contributed by atoms with Crippen LogP contribution in [0.2, 0.25) is 0 Å². The van der Waals surface area contributed by atoms with E-state index >= 15 is 0 Å². The Morgan fingerprint density at radius 1 is 1.15 bits per heavy atom. The molecule has 0 bridgehead atoms. The number of hydrogen-bond donors (Lipinski definition) is 0. The molecule has 2 saturated carbocycles. The van der Waals surface area contributed by atoms with Crippen LogP contribution in [0.1, 0.15) is 58.3 Å². The van der Waals surface area contributed by atoms with Crippen LogP contribution in [0.5, 0.6) is 0 Å². The summed E-state index contributed by atoms with van der Waals surface area (Å²) in [6, 6.07) is 0. The lowest BCUT2D eigenvalue weighted by Gasteiger charge is -2.49. The first kappa shape index (κ1) is 9.30. The Labute approximate surface area is 82.4 Å². The van der Waals surface area contributed by atoms with Crippen LogP contribution in [0, 0.1) is 11.3 Å². The van der Waals surface area contributed by atoms with E-state index in [9.17, 15) is 0 Å². The summed E-state index contributed by atoms with van der Waals surface area (Å²) in [7, 11) is 0. The van der Waals surface area contributed by atoms with Gasteiger partial charge in [-0.2, -0.15) is 0 Å². The standard InChI is InChI=1S/C13H22/c1-2-3-7-12-10-13(11-12)8-5-4-6-9-13/h3,7,12H,2,4-6,8-11H2,1H3/b7-3-. The maximum atomic E-state index is 2.46. The fourth-order valence-electron chi connectivity index (χ4n) is 3.23. The predicted molar refractivity (Wildman–Crippen MR) is 57.7 cm³/mol. The number of allylic oxidation sites excluding steroid dienone is 2. The SMILES string of the molecule is CC/C=C\C1CC2(CCCCC2)C1. The third-order valence-electron chi connectivity index (χ3n) is 3.95. The van der Waals surface area contributed by atoms with Gasteiger partial charge < -0.3 is 0 Å². The van der Waals surface area contributed by atoms with Crippen molar-refractivity contribution in [1.29, 1.82) is 0 Å². The predicted octanol–water partition coefficient (Wildman–Crippen LogP) is 4.31. The summed E-state index contributed by atoms with van der Waals surface area (Å²) in [5.41, 5.74) is 0.820. The van der Waals surface area contributed by atoms with E-state index in [-0.39, 0.29) is 0 Å². The van der Waals surface area contributed by atoms with E-state index in [4.69, 9.17) is 0 Å². The molecule has 2 aliphatic rings. The molecule has 2 aliphatic carbocycles. The second-order valence-corrected chi connectivity index (χ2v) is 5.07. The molecule has 0 atom stereocenters. The quantitative estimate of drug-likeness (QED) is 0.553. The molecule has 0 amide bonds. The van der Waals surface area contributed by atoms with Crippen molar-refractivity contribution in [3.63, 3.8) is 0 Å². The van der Waals surface area contributed by atoms with Crippen LogP contribution >= 0.6 is 0 Å². The maximum absolute atomic E-state index is 2.46. The largest absolute Gasteiger partial charge is 0.0885 e. The van der Waals surface area contributed by atoms with Gasteiger partial charge in [-0.3, -0.25) is 0 Å². The van der Waals surface area contributed by atoms with Crippen molar-refractivity contribution in [2.45, 2.75) is 58.3 Å². The highest BCUT2D eigenvalue weighted by atomic mass is 14.5. The zero-order valence-electron chi connectivity index (χ0n) is 8.89. The van der Waals surface area contributed by atoms with Crippen LogP contribution in [-0.2, 0) is 0 Å². The molecule has 0 N–H and O–H groups in total. The molecule has 2 rings (SSSR count). The van der Waals surface area contributed by atoms with Crippen molar-refractivity contribution in [1.82, 2.24) is 0 Å². The third kappa shape index (κ3) is 1.98. The van der Waals surface area contributed by atoms with Crippen molar-refractivity contribution in [2.24, 2.45) is 11.3 Å². The van der Waals surface area contributed by atoms with Gasteiger partial charge in [0.1, 0.15) is 0 Å². The molecule has 0 heteroatoms. The van der Waals surface area contributed by atoms with Crippen LogP contribution in [0.25, 0.3) is 0 Å². The fraction of sp³-hybridized carbons (Fsp3) is 0.846. The minimum atomic E-state index is 0.820. The van der Waals surface area contributed by atoms with Gasteiger partial charge in [0, 0.05) is 0 Å². The monoisotopic (exact) mass is 178 g/mol. The third-order valence-corrected chi connectivity index (χ3v) is 3.95. The van der Waals surface area contributed by atoms with Crippen LogP contribution in [0.4, 0.5) is 0 Å². The summed E-state index contributed by atoms with van der Waals surface area (Å²) < 4.78 is 0. The molecule has 0 aromatic rings. The van der Waals surface area contributed by atoms with E-state index in [2.05, 4.69) is 19.1 Å². The molecule has 74 valence electrons. The molecule has 0 aromatic heterocycles. The second kappa shape index (κ2) is 3.86. The summed E-state index contributed by atoms with van der Waals surface area (Å²) in [6.07, 6.45) is 16.6.